The molecule has 0 rings (SSSR count). The van der Waals surface area contributed by atoms with Crippen molar-refractivity contribution >= 4 is 7.60 Å². The fraction of sp³-hybridized carbons (Fsp3) is 0.846. The van der Waals surface area contributed by atoms with Crippen molar-refractivity contribution in [3.63, 3.8) is 0 Å². The number of allylic oxidation sites excluding steroid dienone is 4. The van der Waals surface area contributed by atoms with Gasteiger partial charge in [0.05, 0.1) is 21.1 Å². The average Bonchev–Trinajstić information content (AvgIpc) is 2.67. The maximum Gasteiger partial charge on any atom is 0.362 e. The third-order valence-electron chi connectivity index (χ3n) is 5.77. The topological polar surface area (TPSA) is 77.8 Å². The number of hydrogen-bond donors (Lipinski definition) is 3. The minimum atomic E-state index is -4.55. The Hall–Kier alpha value is -0.450. The van der Waals surface area contributed by atoms with Crippen molar-refractivity contribution in [2.75, 3.05) is 27.7 Å². The van der Waals surface area contributed by atoms with Gasteiger partial charge in [0.2, 0.25) is 5.34 Å². The first-order valence-corrected chi connectivity index (χ1v) is 14.5. The third kappa shape index (κ3) is 18.0. The molecule has 0 aliphatic heterocycles. The summed E-state index contributed by atoms with van der Waals surface area (Å²) in [6.45, 7) is 2.30. The van der Waals surface area contributed by atoms with Gasteiger partial charge >= 0.3 is 7.60 Å². The summed E-state index contributed by atoms with van der Waals surface area (Å²) in [5.41, 5.74) is 0. The highest BCUT2D eigenvalue weighted by Crippen LogP contribution is 2.52. The lowest BCUT2D eigenvalue weighted by Gasteiger charge is -2.35. The molecule has 0 amide bonds. The molecule has 6 heteroatoms. The molecule has 0 aromatic heterocycles. The van der Waals surface area contributed by atoms with E-state index >= 15 is 0 Å². The van der Waals surface area contributed by atoms with Crippen LogP contribution in [0.1, 0.15) is 110 Å². The fourth-order valence-electron chi connectivity index (χ4n) is 3.96. The van der Waals surface area contributed by atoms with E-state index < -0.39 is 12.9 Å². The molecule has 0 radical (unpaired) electrons. The molecule has 1 atom stereocenters. The molecule has 0 aromatic rings. The van der Waals surface area contributed by atoms with E-state index in [1.54, 1.807) is 0 Å². The van der Waals surface area contributed by atoms with Crippen LogP contribution in [0, 0.1) is 0 Å². The standard InChI is InChI=1S/C26H52NO4P/c1-5-6-7-8-9-10-11-12-13-14-15-16-17-18-19-20-21-22-23-24-26(28,32(29,30)31)25-27(2,3)4/h10-11,17-18,28H,5-9,12-16,19-25H2,1-4H3,(H-,29,30,31)/p+1/b11-10-,18-17-. The predicted octanol–water partition coefficient (Wildman–Crippen LogP) is 6.93. The predicted molar refractivity (Wildman–Crippen MR) is 138 cm³/mol. The Balaban J connectivity index is 3.68. The Bertz CT molecular complexity index is 551. The van der Waals surface area contributed by atoms with Gasteiger partial charge in [-0.1, -0.05) is 69.8 Å². The van der Waals surface area contributed by atoms with E-state index in [4.69, 9.17) is 0 Å². The van der Waals surface area contributed by atoms with E-state index in [1.165, 1.54) is 57.8 Å². The molecule has 3 N–H and O–H groups in total. The molecular weight excluding hydrogens is 421 g/mol. The number of hydrogen-bond acceptors (Lipinski definition) is 2. The molecular formula is C26H53NO4P+. The fourth-order valence-corrected chi connectivity index (χ4v) is 5.02. The number of nitrogens with zero attached hydrogens (tertiary/aromatic N) is 1. The Kier molecular flexibility index (Phi) is 17.7. The first kappa shape index (κ1) is 31.6. The average molecular weight is 475 g/mol. The molecule has 0 heterocycles. The zero-order valence-electron chi connectivity index (χ0n) is 21.5. The van der Waals surface area contributed by atoms with Crippen LogP contribution in [-0.4, -0.2) is 52.4 Å². The van der Waals surface area contributed by atoms with Crippen LogP contribution in [0.3, 0.4) is 0 Å². The van der Waals surface area contributed by atoms with Gasteiger partial charge in [0.25, 0.3) is 0 Å². The van der Waals surface area contributed by atoms with Crippen molar-refractivity contribution in [1.82, 2.24) is 0 Å². The van der Waals surface area contributed by atoms with Crippen LogP contribution >= 0.6 is 7.60 Å². The second-order valence-corrected chi connectivity index (χ2v) is 12.3. The Morgan fingerprint density at radius 3 is 1.44 bits per heavy atom. The first-order valence-electron chi connectivity index (χ1n) is 12.9. The van der Waals surface area contributed by atoms with Crippen molar-refractivity contribution in [2.45, 2.75) is 115 Å². The normalized spacial score (nSPS) is 15.1. The number of aliphatic hydroxyl groups is 1. The summed E-state index contributed by atoms with van der Waals surface area (Å²) in [7, 11) is 0.949. The van der Waals surface area contributed by atoms with Crippen LogP contribution in [0.25, 0.3) is 0 Å². The van der Waals surface area contributed by atoms with E-state index in [1.807, 2.05) is 21.1 Å². The van der Waals surface area contributed by atoms with Gasteiger partial charge in [-0.2, -0.15) is 0 Å². The maximum absolute atomic E-state index is 11.8. The Morgan fingerprint density at radius 2 is 1.06 bits per heavy atom. The van der Waals surface area contributed by atoms with Crippen molar-refractivity contribution in [3.8, 4) is 0 Å². The highest BCUT2D eigenvalue weighted by Gasteiger charge is 2.48. The van der Waals surface area contributed by atoms with Crippen LogP contribution in [0.2, 0.25) is 0 Å². The van der Waals surface area contributed by atoms with Crippen molar-refractivity contribution < 1.29 is 23.9 Å². The van der Waals surface area contributed by atoms with Crippen LogP contribution in [0.15, 0.2) is 24.3 Å². The molecule has 0 saturated heterocycles. The molecule has 5 nitrogen and oxygen atoms in total. The lowest BCUT2D eigenvalue weighted by molar-refractivity contribution is -0.875. The molecule has 0 aromatic carbocycles. The van der Waals surface area contributed by atoms with Gasteiger partial charge < -0.3 is 19.4 Å². The molecule has 0 fully saturated rings. The second kappa shape index (κ2) is 18.0. The van der Waals surface area contributed by atoms with E-state index in [-0.39, 0.29) is 13.0 Å². The lowest BCUT2D eigenvalue weighted by atomic mass is 10.1. The SMILES string of the molecule is CCCCCC/C=C\CCCCC/C=C\CCCCCCC(O)(C[N+](C)(C)C)P(=O)(O)O. The van der Waals surface area contributed by atoms with Crippen LogP contribution in [0.5, 0.6) is 0 Å². The van der Waals surface area contributed by atoms with E-state index in [0.29, 0.717) is 10.9 Å². The van der Waals surface area contributed by atoms with E-state index in [2.05, 4.69) is 31.2 Å². The summed E-state index contributed by atoms with van der Waals surface area (Å²) >= 11 is 0. The molecule has 32 heavy (non-hydrogen) atoms. The van der Waals surface area contributed by atoms with Gasteiger partial charge in [-0.3, -0.25) is 4.57 Å². The van der Waals surface area contributed by atoms with Crippen LogP contribution in [-0.2, 0) is 4.57 Å². The molecule has 190 valence electrons. The third-order valence-corrected chi connectivity index (χ3v) is 7.22. The summed E-state index contributed by atoms with van der Waals surface area (Å²) < 4.78 is 12.1. The molecule has 0 aliphatic rings. The monoisotopic (exact) mass is 474 g/mol. The zero-order chi connectivity index (χ0) is 24.3. The van der Waals surface area contributed by atoms with Crippen molar-refractivity contribution in [2.24, 2.45) is 0 Å². The summed E-state index contributed by atoms with van der Waals surface area (Å²) in [6.07, 6.45) is 26.9. The van der Waals surface area contributed by atoms with Gasteiger partial charge in [0.1, 0.15) is 6.54 Å². The van der Waals surface area contributed by atoms with Gasteiger partial charge in [0.15, 0.2) is 0 Å². The largest absolute Gasteiger partial charge is 0.373 e. The lowest BCUT2D eigenvalue weighted by Crippen LogP contribution is -2.49. The Labute approximate surface area is 198 Å². The number of quaternary nitrogens is 1. The summed E-state index contributed by atoms with van der Waals surface area (Å²) in [5.74, 6) is 0. The minimum absolute atomic E-state index is 0.0509. The van der Waals surface area contributed by atoms with Gasteiger partial charge in [0, 0.05) is 0 Å². The highest BCUT2D eigenvalue weighted by atomic mass is 31.2. The van der Waals surface area contributed by atoms with E-state index in [9.17, 15) is 19.5 Å². The molecule has 0 spiro atoms. The molecule has 0 bridgehead atoms. The Morgan fingerprint density at radius 1 is 0.688 bits per heavy atom. The van der Waals surface area contributed by atoms with E-state index in [0.717, 1.165) is 32.1 Å². The second-order valence-electron chi connectivity index (χ2n) is 10.4. The summed E-state index contributed by atoms with van der Waals surface area (Å²) in [5, 5.41) is 8.61. The summed E-state index contributed by atoms with van der Waals surface area (Å²) in [4.78, 5) is 19.2. The maximum atomic E-state index is 11.8. The first-order chi connectivity index (χ1) is 15.0. The van der Waals surface area contributed by atoms with Gasteiger partial charge in [-0.05, 0) is 64.2 Å². The van der Waals surface area contributed by atoms with Crippen LogP contribution < -0.4 is 0 Å². The molecule has 0 aliphatic carbocycles. The zero-order valence-corrected chi connectivity index (χ0v) is 22.4. The van der Waals surface area contributed by atoms with Gasteiger partial charge in [-0.25, -0.2) is 0 Å². The minimum Gasteiger partial charge on any atom is -0.373 e. The van der Waals surface area contributed by atoms with Crippen molar-refractivity contribution in [1.29, 1.82) is 0 Å². The van der Waals surface area contributed by atoms with Crippen molar-refractivity contribution in [3.05, 3.63) is 24.3 Å². The van der Waals surface area contributed by atoms with Crippen LogP contribution in [0.4, 0.5) is 0 Å². The smallest absolute Gasteiger partial charge is 0.362 e. The highest BCUT2D eigenvalue weighted by molar-refractivity contribution is 7.53. The molecule has 0 saturated carbocycles. The number of rotatable bonds is 21. The summed E-state index contributed by atoms with van der Waals surface area (Å²) in [6, 6.07) is 0. The number of likely N-dealkylation sites (N-methyl/N-ethyl adjacent to an activating group) is 1. The number of unbranched alkanes of at least 4 members (excludes halogenated alkanes) is 12. The molecule has 1 unspecified atom stereocenters. The quantitative estimate of drug-likeness (QED) is 0.0729. The van der Waals surface area contributed by atoms with Gasteiger partial charge in [-0.15, -0.1) is 0 Å².